The zero-order chi connectivity index (χ0) is 43.0. The third-order valence-corrected chi connectivity index (χ3v) is 11.6. The summed E-state index contributed by atoms with van der Waals surface area (Å²) in [6.45, 7) is 5.89. The number of hydrogen-bond acceptors (Lipinski definition) is 20. The molecule has 2 aliphatic rings. The number of amides is 1. The van der Waals surface area contributed by atoms with Crippen LogP contribution in [0.5, 0.6) is 0 Å². The van der Waals surface area contributed by atoms with Gasteiger partial charge in [0.25, 0.3) is 0 Å². The van der Waals surface area contributed by atoms with Crippen LogP contribution in [-0.2, 0) is 64.6 Å². The number of aliphatic hydroxyl groups excluding tert-OH is 6. The van der Waals surface area contributed by atoms with Crippen LogP contribution >= 0.6 is 24.8 Å². The molecule has 14 unspecified atom stereocenters. The van der Waals surface area contributed by atoms with Gasteiger partial charge in [-0.1, -0.05) is 6.92 Å². The normalized spacial score (nSPS) is 29.0. The summed E-state index contributed by atoms with van der Waals surface area (Å²) < 4.78 is 91.1. The minimum atomic E-state index is -2.68. The molecule has 1 saturated carbocycles. The summed E-state index contributed by atoms with van der Waals surface area (Å²) in [6, 6.07) is -1.05. The Balaban J connectivity index is 1.69. The van der Waals surface area contributed by atoms with E-state index in [1.165, 1.54) is 6.92 Å². The van der Waals surface area contributed by atoms with Crippen molar-refractivity contribution < 1.29 is 95.2 Å². The zero-order valence-electron chi connectivity index (χ0n) is 33.7. The highest BCUT2D eigenvalue weighted by molar-refractivity contribution is 7.33. The molecule has 7 N–H and O–H groups in total. The van der Waals surface area contributed by atoms with E-state index in [0.29, 0.717) is 51.6 Å². The molecule has 0 aromatic rings. The van der Waals surface area contributed by atoms with Gasteiger partial charge in [0.05, 0.1) is 37.6 Å². The number of nitrogens with one attached hydrogen (secondary N) is 1. The van der Waals surface area contributed by atoms with Gasteiger partial charge in [-0.2, -0.15) is 0 Å². The number of carbonyl (C=O) groups is 1. The van der Waals surface area contributed by atoms with Crippen LogP contribution in [0.15, 0.2) is 0 Å². The third kappa shape index (κ3) is 20.8. The average molecular weight is 901 g/mol. The number of aliphatic hydroxyl groups is 6. The zero-order valence-corrected chi connectivity index (χ0v) is 36.4. The van der Waals surface area contributed by atoms with Crippen LogP contribution < -0.4 is 5.32 Å². The van der Waals surface area contributed by atoms with Crippen molar-refractivity contribution in [2.75, 3.05) is 66.1 Å². The van der Waals surface area contributed by atoms with Gasteiger partial charge in [0.2, 0.25) is 5.91 Å². The molecule has 21 nitrogen and oxygen atoms in total. The molecule has 0 radical (unpaired) electrons. The van der Waals surface area contributed by atoms with Gasteiger partial charge in [0.15, 0.2) is 12.4 Å². The molecule has 0 bridgehead atoms. The van der Waals surface area contributed by atoms with Gasteiger partial charge in [0.1, 0.15) is 57.4 Å². The van der Waals surface area contributed by atoms with E-state index >= 15 is 0 Å². The highest BCUT2D eigenvalue weighted by Gasteiger charge is 2.45. The van der Waals surface area contributed by atoms with Gasteiger partial charge < -0.3 is 54.9 Å². The highest BCUT2D eigenvalue weighted by Crippen LogP contribution is 2.33. The van der Waals surface area contributed by atoms with Gasteiger partial charge in [-0.25, -0.2) is 0 Å². The molecule has 1 heterocycles. The first-order valence-electron chi connectivity index (χ1n) is 19.6. The van der Waals surface area contributed by atoms with Crippen LogP contribution in [0.1, 0.15) is 72.6 Å². The van der Waals surface area contributed by atoms with Crippen molar-refractivity contribution in [3.8, 4) is 0 Å². The van der Waals surface area contributed by atoms with Crippen LogP contribution in [-0.4, -0.2) is 164 Å². The summed E-state index contributed by atoms with van der Waals surface area (Å²) in [7, 11) is -7.92. The Bertz CT molecular complexity index is 1190. The fourth-order valence-corrected chi connectivity index (χ4v) is 7.90. The molecule has 58 heavy (non-hydrogen) atoms. The molecule has 1 aliphatic carbocycles. The number of hydrogen-bond donors (Lipinski definition) is 7. The van der Waals surface area contributed by atoms with E-state index in [-0.39, 0.29) is 57.8 Å². The molecule has 2 fully saturated rings. The van der Waals surface area contributed by atoms with Crippen LogP contribution in [0.2, 0.25) is 0 Å². The number of carbonyl (C=O) groups excluding carboxylic acids is 1. The molecule has 14 atom stereocenters. The number of unbranched alkanes of at least 4 members (excludes halogenated alkanes) is 4. The fraction of sp³-hybridized carbons (Fsp3) is 0.971. The molecule has 1 aliphatic heterocycles. The highest BCUT2D eigenvalue weighted by atomic mass is 31.1. The maximum absolute atomic E-state index is 12.4. The second-order valence-electron chi connectivity index (χ2n) is 14.3. The predicted octanol–water partition coefficient (Wildman–Crippen LogP) is 1.91. The summed E-state index contributed by atoms with van der Waals surface area (Å²) >= 11 is 0. The summed E-state index contributed by atoms with van der Waals surface area (Å²) in [4.78, 5) is 11.6. The largest absolute Gasteiger partial charge is 0.697 e. The average Bonchev–Trinajstić information content (AvgIpc) is 3.18. The van der Waals surface area contributed by atoms with Crippen LogP contribution in [0, 0.1) is 11.8 Å². The summed E-state index contributed by atoms with van der Waals surface area (Å²) in [5.74, 6) is -1.20. The second-order valence-corrected chi connectivity index (χ2v) is 17.1. The fourth-order valence-electron chi connectivity index (χ4n) is 5.97. The maximum Gasteiger partial charge on any atom is 0.697 e. The Kier molecular flexibility index (Phi) is 27.8. The molecule has 338 valence electrons. The van der Waals surface area contributed by atoms with E-state index in [9.17, 15) is 49.1 Å². The lowest BCUT2D eigenvalue weighted by Gasteiger charge is -2.42. The molecule has 0 aromatic carbocycles. The van der Waals surface area contributed by atoms with Gasteiger partial charge in [-0.15, -0.1) is 27.1 Å². The van der Waals surface area contributed by atoms with Crippen molar-refractivity contribution in [3.05, 3.63) is 0 Å². The van der Waals surface area contributed by atoms with E-state index in [1.54, 1.807) is 6.92 Å². The summed E-state index contributed by atoms with van der Waals surface area (Å²) in [5, 5.41) is 62.2. The molecule has 1 amide bonds. The lowest BCUT2D eigenvalue weighted by Crippen LogP contribution is -2.64. The minimum absolute atomic E-state index is 0.0294. The van der Waals surface area contributed by atoms with Crippen molar-refractivity contribution in [3.63, 3.8) is 0 Å². The number of rotatable bonds is 32. The van der Waals surface area contributed by atoms with Crippen molar-refractivity contribution in [2.24, 2.45) is 11.8 Å². The third-order valence-electron chi connectivity index (χ3n) is 9.26. The van der Waals surface area contributed by atoms with E-state index in [4.69, 9.17) is 46.1 Å². The van der Waals surface area contributed by atoms with Gasteiger partial charge in [0, 0.05) is 52.3 Å². The smallest absolute Gasteiger partial charge is 0.396 e. The second kappa shape index (κ2) is 30.2. The topological polar surface area (TPSA) is 294 Å². The molecule has 0 spiro atoms. The quantitative estimate of drug-likeness (QED) is 0.0375. The molecule has 0 aromatic heterocycles. The minimum Gasteiger partial charge on any atom is -0.396 e. The summed E-state index contributed by atoms with van der Waals surface area (Å²) in [6.07, 6.45) is -4.70. The van der Waals surface area contributed by atoms with Crippen molar-refractivity contribution >= 4 is 30.7 Å². The molecular formula is C34H65NO20P3+3. The Morgan fingerprint density at radius 1 is 0.707 bits per heavy atom. The first kappa shape index (κ1) is 53.3. The van der Waals surface area contributed by atoms with Crippen molar-refractivity contribution in [2.45, 2.75) is 134 Å². The SMILES string of the molecule is CC(=O)NC1C(OCCCCCO[P+](=O)OCC(CO[P+](=O)OCCCCCOC2CC(CO)C(O)C(O)C2C)O[P+](=O)OCCOC(C)C)OC(CO)C(O)C1O. The van der Waals surface area contributed by atoms with Gasteiger partial charge >= 0.3 is 24.8 Å². The summed E-state index contributed by atoms with van der Waals surface area (Å²) in [5.41, 5.74) is 0. The van der Waals surface area contributed by atoms with Crippen LogP contribution in [0.25, 0.3) is 0 Å². The van der Waals surface area contributed by atoms with Crippen molar-refractivity contribution in [1.29, 1.82) is 0 Å². The lowest BCUT2D eigenvalue weighted by atomic mass is 9.77. The van der Waals surface area contributed by atoms with Crippen LogP contribution in [0.4, 0.5) is 0 Å². The van der Waals surface area contributed by atoms with Gasteiger partial charge in [-0.3, -0.25) is 4.79 Å². The first-order chi connectivity index (χ1) is 27.7. The number of ether oxygens (including phenoxy) is 4. The van der Waals surface area contributed by atoms with Gasteiger partial charge in [-0.05, 0) is 58.8 Å². The van der Waals surface area contributed by atoms with E-state index < -0.39 is 105 Å². The lowest BCUT2D eigenvalue weighted by molar-refractivity contribution is -0.270. The van der Waals surface area contributed by atoms with E-state index in [1.807, 2.05) is 13.8 Å². The standard InChI is InChI=1S/C34H64NO20P3/c1-22(2)46-15-16-51-58(45)55-26(20-52-56(43)49-13-9-5-7-11-47-27-17-25(18-36)31(40)30(39)23(27)3)21-53-57(44)50-14-10-6-8-12-48-34-29(35-24(4)38)33(42)32(41)28(19-37)54-34/h22-23,25-34,36-37,39-42H,5-21H2,1-4H3/q+2/p+1. The Morgan fingerprint density at radius 3 is 1.83 bits per heavy atom. The maximum atomic E-state index is 12.4. The van der Waals surface area contributed by atoms with E-state index in [2.05, 4.69) is 5.32 Å². The first-order valence-corrected chi connectivity index (χ1v) is 22.9. The Hall–Kier alpha value is -0.870. The predicted molar refractivity (Wildman–Crippen MR) is 204 cm³/mol. The molecular weight excluding hydrogens is 835 g/mol. The molecule has 24 heteroatoms. The van der Waals surface area contributed by atoms with Crippen molar-refractivity contribution in [1.82, 2.24) is 5.32 Å². The molecule has 1 saturated heterocycles. The van der Waals surface area contributed by atoms with Crippen LogP contribution in [0.3, 0.4) is 0 Å². The Morgan fingerprint density at radius 2 is 1.28 bits per heavy atom. The Labute approximate surface area is 342 Å². The van der Waals surface area contributed by atoms with E-state index in [0.717, 1.165) is 0 Å². The monoisotopic (exact) mass is 900 g/mol. The molecule has 2 rings (SSSR count).